The lowest BCUT2D eigenvalue weighted by Gasteiger charge is -1.99. The van der Waals surface area contributed by atoms with E-state index >= 15 is 0 Å². The number of rotatable bonds is 6. The highest BCUT2D eigenvalue weighted by Gasteiger charge is 2.01. The summed E-state index contributed by atoms with van der Waals surface area (Å²) < 4.78 is 0. The Labute approximate surface area is 123 Å². The van der Waals surface area contributed by atoms with Gasteiger partial charge in [-0.2, -0.15) is 0 Å². The molecule has 0 aliphatic carbocycles. The van der Waals surface area contributed by atoms with Crippen LogP contribution in [0.4, 0.5) is 0 Å². The van der Waals surface area contributed by atoms with Crippen LogP contribution in [0.5, 0.6) is 0 Å². The van der Waals surface area contributed by atoms with Gasteiger partial charge in [0.2, 0.25) is 0 Å². The Morgan fingerprint density at radius 2 is 2.11 bits per heavy atom. The molecule has 0 saturated carbocycles. The Morgan fingerprint density at radius 1 is 1.32 bits per heavy atom. The maximum absolute atomic E-state index is 5.86. The van der Waals surface area contributed by atoms with E-state index in [-0.39, 0.29) is 0 Å². The predicted octanol–water partition coefficient (Wildman–Crippen LogP) is 4.86. The molecule has 2 rings (SSSR count). The monoisotopic (exact) mass is 292 g/mol. The molecule has 0 spiro atoms. The first-order valence-electron chi connectivity index (χ1n) is 6.30. The van der Waals surface area contributed by atoms with Crippen molar-refractivity contribution >= 4 is 23.4 Å². The molecule has 2 aromatic rings. The van der Waals surface area contributed by atoms with Crippen LogP contribution in [-0.4, -0.2) is 9.97 Å². The maximum Gasteiger partial charge on any atom is 0.165 e. The number of hydrogen-bond acceptors (Lipinski definition) is 2. The summed E-state index contributed by atoms with van der Waals surface area (Å²) in [5, 5.41) is 1.75. The summed E-state index contributed by atoms with van der Waals surface area (Å²) in [7, 11) is 0. The fraction of sp³-hybridized carbons (Fsp3) is 0.267. The van der Waals surface area contributed by atoms with Gasteiger partial charge in [0.15, 0.2) is 5.16 Å². The van der Waals surface area contributed by atoms with Gasteiger partial charge in [0, 0.05) is 22.7 Å². The zero-order chi connectivity index (χ0) is 13.5. The van der Waals surface area contributed by atoms with Crippen molar-refractivity contribution in [3.63, 3.8) is 0 Å². The summed E-state index contributed by atoms with van der Waals surface area (Å²) in [6, 6.07) is 7.93. The molecule has 0 aliphatic heterocycles. The lowest BCUT2D eigenvalue weighted by Crippen LogP contribution is -1.84. The van der Waals surface area contributed by atoms with Gasteiger partial charge in [-0.3, -0.25) is 0 Å². The van der Waals surface area contributed by atoms with E-state index in [1.54, 1.807) is 11.8 Å². The van der Waals surface area contributed by atoms with Gasteiger partial charge in [-0.1, -0.05) is 47.6 Å². The minimum Gasteiger partial charge on any atom is -0.337 e. The van der Waals surface area contributed by atoms with Crippen LogP contribution in [0.1, 0.15) is 24.6 Å². The second-order valence-corrected chi connectivity index (χ2v) is 5.64. The Balaban J connectivity index is 1.84. The molecule has 0 bridgehead atoms. The molecule has 1 aromatic carbocycles. The van der Waals surface area contributed by atoms with E-state index in [9.17, 15) is 0 Å². The Kier molecular flexibility index (Phi) is 5.55. The highest BCUT2D eigenvalue weighted by molar-refractivity contribution is 7.98. The maximum atomic E-state index is 5.86. The van der Waals surface area contributed by atoms with E-state index in [1.807, 2.05) is 37.4 Å². The van der Waals surface area contributed by atoms with Gasteiger partial charge in [0.1, 0.15) is 0 Å². The Morgan fingerprint density at radius 3 is 2.84 bits per heavy atom. The largest absolute Gasteiger partial charge is 0.337 e. The molecular weight excluding hydrogens is 276 g/mol. The summed E-state index contributed by atoms with van der Waals surface area (Å²) in [6.45, 7) is 2.04. The van der Waals surface area contributed by atoms with Gasteiger partial charge in [-0.05, 0) is 37.5 Å². The number of imidazole rings is 1. The quantitative estimate of drug-likeness (QED) is 0.608. The standard InChI is InChI=1S/C15H17ClN2S/c1-2-3-4-5-14-10-17-15(18-14)19-11-12-6-8-13(16)9-7-12/h2-3,6-10H,4-5,11H2,1H3,(H,17,18)/b3-2-. The van der Waals surface area contributed by atoms with Crippen LogP contribution >= 0.6 is 23.4 Å². The Hall–Kier alpha value is -1.19. The third-order valence-corrected chi connectivity index (χ3v) is 3.92. The molecular formula is C15H17ClN2S. The van der Waals surface area contributed by atoms with Crippen molar-refractivity contribution in [2.45, 2.75) is 30.7 Å². The highest BCUT2D eigenvalue weighted by Crippen LogP contribution is 2.21. The number of nitrogens with zero attached hydrogens (tertiary/aromatic N) is 1. The van der Waals surface area contributed by atoms with Crippen LogP contribution in [0.15, 0.2) is 47.8 Å². The smallest absolute Gasteiger partial charge is 0.165 e. The molecule has 0 unspecified atom stereocenters. The van der Waals surface area contributed by atoms with E-state index < -0.39 is 0 Å². The molecule has 1 heterocycles. The number of aromatic amines is 1. The summed E-state index contributed by atoms with van der Waals surface area (Å²) in [5.74, 6) is 0.902. The molecule has 2 nitrogen and oxygen atoms in total. The number of allylic oxidation sites excluding steroid dienone is 2. The molecule has 0 atom stereocenters. The minimum atomic E-state index is 0.776. The first-order chi connectivity index (χ1) is 9.28. The van der Waals surface area contributed by atoms with Crippen molar-refractivity contribution in [3.8, 4) is 0 Å². The number of hydrogen-bond donors (Lipinski definition) is 1. The highest BCUT2D eigenvalue weighted by atomic mass is 35.5. The van der Waals surface area contributed by atoms with Crippen molar-refractivity contribution in [3.05, 3.63) is 58.9 Å². The van der Waals surface area contributed by atoms with Crippen LogP contribution in [0, 0.1) is 0 Å². The molecule has 4 heteroatoms. The van der Waals surface area contributed by atoms with Gasteiger partial charge < -0.3 is 4.98 Å². The molecule has 1 N–H and O–H groups in total. The first kappa shape index (κ1) is 14.2. The number of aryl methyl sites for hydroxylation is 1. The van der Waals surface area contributed by atoms with Crippen LogP contribution < -0.4 is 0 Å². The van der Waals surface area contributed by atoms with Crippen LogP contribution in [0.3, 0.4) is 0 Å². The number of aromatic nitrogens is 2. The number of thioether (sulfide) groups is 1. The second-order valence-electron chi connectivity index (χ2n) is 4.24. The van der Waals surface area contributed by atoms with Gasteiger partial charge in [0.25, 0.3) is 0 Å². The minimum absolute atomic E-state index is 0.776. The lowest BCUT2D eigenvalue weighted by molar-refractivity contribution is 0.931. The predicted molar refractivity (Wildman–Crippen MR) is 82.7 cm³/mol. The van der Waals surface area contributed by atoms with Crippen molar-refractivity contribution in [1.82, 2.24) is 9.97 Å². The number of nitrogens with one attached hydrogen (secondary N) is 1. The summed E-state index contributed by atoms with van der Waals surface area (Å²) in [6.07, 6.45) is 8.24. The second kappa shape index (κ2) is 7.41. The molecule has 0 aliphatic rings. The van der Waals surface area contributed by atoms with Crippen molar-refractivity contribution in [2.24, 2.45) is 0 Å². The van der Waals surface area contributed by atoms with Crippen LogP contribution in [0.25, 0.3) is 0 Å². The molecule has 0 saturated heterocycles. The van der Waals surface area contributed by atoms with Gasteiger partial charge in [0.05, 0.1) is 0 Å². The molecule has 0 amide bonds. The topological polar surface area (TPSA) is 28.7 Å². The summed E-state index contributed by atoms with van der Waals surface area (Å²) in [5.41, 5.74) is 2.44. The third kappa shape index (κ3) is 4.77. The van der Waals surface area contributed by atoms with Crippen molar-refractivity contribution in [1.29, 1.82) is 0 Å². The normalized spacial score (nSPS) is 11.3. The zero-order valence-corrected chi connectivity index (χ0v) is 12.5. The fourth-order valence-electron chi connectivity index (χ4n) is 1.68. The van der Waals surface area contributed by atoms with E-state index in [0.717, 1.165) is 28.8 Å². The van der Waals surface area contributed by atoms with Gasteiger partial charge in [-0.25, -0.2) is 4.98 Å². The van der Waals surface area contributed by atoms with Crippen LogP contribution in [-0.2, 0) is 12.2 Å². The summed E-state index contributed by atoms with van der Waals surface area (Å²) in [4.78, 5) is 7.73. The third-order valence-electron chi connectivity index (χ3n) is 2.71. The summed E-state index contributed by atoms with van der Waals surface area (Å²) >= 11 is 7.57. The molecule has 19 heavy (non-hydrogen) atoms. The number of benzene rings is 1. The number of halogens is 1. The van der Waals surface area contributed by atoms with Crippen LogP contribution in [0.2, 0.25) is 5.02 Å². The molecule has 0 radical (unpaired) electrons. The van der Waals surface area contributed by atoms with E-state index in [1.165, 1.54) is 11.3 Å². The fourth-order valence-corrected chi connectivity index (χ4v) is 2.63. The van der Waals surface area contributed by atoms with E-state index in [0.29, 0.717) is 0 Å². The molecule has 100 valence electrons. The average molecular weight is 293 g/mol. The lowest BCUT2D eigenvalue weighted by atomic mass is 10.2. The Bertz CT molecular complexity index is 531. The van der Waals surface area contributed by atoms with Gasteiger partial charge in [-0.15, -0.1) is 0 Å². The first-order valence-corrected chi connectivity index (χ1v) is 7.66. The van der Waals surface area contributed by atoms with Crippen molar-refractivity contribution < 1.29 is 0 Å². The average Bonchev–Trinajstić information content (AvgIpc) is 2.86. The molecule has 0 fully saturated rings. The number of H-pyrrole nitrogens is 1. The van der Waals surface area contributed by atoms with Crippen molar-refractivity contribution in [2.75, 3.05) is 0 Å². The zero-order valence-electron chi connectivity index (χ0n) is 10.9. The van der Waals surface area contributed by atoms with Gasteiger partial charge >= 0.3 is 0 Å². The van der Waals surface area contributed by atoms with E-state index in [2.05, 4.69) is 22.1 Å². The SMILES string of the molecule is C/C=C\CCc1cnc(SCc2ccc(Cl)cc2)[nH]1. The molecule has 1 aromatic heterocycles. The van der Waals surface area contributed by atoms with E-state index in [4.69, 9.17) is 11.6 Å².